The van der Waals surface area contributed by atoms with Crippen molar-refractivity contribution in [3.8, 4) is 0 Å². The molecule has 3 rings (SSSR count). The van der Waals surface area contributed by atoms with Crippen molar-refractivity contribution in [1.82, 2.24) is 19.8 Å². The summed E-state index contributed by atoms with van der Waals surface area (Å²) < 4.78 is 28.0. The van der Waals surface area contributed by atoms with Crippen LogP contribution in [0.25, 0.3) is 0 Å². The Balaban J connectivity index is 1.70. The molecule has 0 spiro atoms. The molecule has 1 saturated carbocycles. The maximum atomic E-state index is 12.6. The molecule has 2 heterocycles. The number of hydrogen-bond acceptors (Lipinski definition) is 4. The van der Waals surface area contributed by atoms with Crippen molar-refractivity contribution in [3.05, 3.63) is 11.4 Å². The zero-order valence-electron chi connectivity index (χ0n) is 14.3. The smallest absolute Gasteiger partial charge is 0.244 e. The third kappa shape index (κ3) is 3.49. The highest BCUT2D eigenvalue weighted by Crippen LogP contribution is 2.27. The third-order valence-corrected chi connectivity index (χ3v) is 6.86. The number of aryl methyl sites for hydroxylation is 2. The van der Waals surface area contributed by atoms with Crippen LogP contribution in [0.4, 0.5) is 0 Å². The van der Waals surface area contributed by atoms with Crippen LogP contribution in [-0.4, -0.2) is 48.1 Å². The van der Waals surface area contributed by atoms with Gasteiger partial charge in [-0.15, -0.1) is 0 Å². The molecule has 2 N–H and O–H groups in total. The Morgan fingerprint density at radius 1 is 1.17 bits per heavy atom. The summed E-state index contributed by atoms with van der Waals surface area (Å²) in [4.78, 5) is 14.5. The summed E-state index contributed by atoms with van der Waals surface area (Å²) in [5.74, 6) is 0.0650. The van der Waals surface area contributed by atoms with Gasteiger partial charge in [-0.3, -0.25) is 9.89 Å². The van der Waals surface area contributed by atoms with Crippen LogP contribution in [0.5, 0.6) is 0 Å². The molecule has 0 bridgehead atoms. The van der Waals surface area contributed by atoms with Crippen molar-refractivity contribution in [1.29, 1.82) is 0 Å². The molecular formula is C16H26N4O3S. The third-order valence-electron chi connectivity index (χ3n) is 5.07. The fourth-order valence-electron chi connectivity index (χ4n) is 3.95. The predicted molar refractivity (Wildman–Crippen MR) is 90.0 cm³/mol. The quantitative estimate of drug-likeness (QED) is 0.803. The molecule has 8 heteroatoms. The van der Waals surface area contributed by atoms with Crippen LogP contribution < -0.4 is 4.72 Å². The van der Waals surface area contributed by atoms with Gasteiger partial charge in [-0.05, 0) is 26.7 Å². The van der Waals surface area contributed by atoms with E-state index >= 15 is 0 Å². The first-order valence-electron chi connectivity index (χ1n) is 8.72. The minimum Gasteiger partial charge on any atom is -0.338 e. The summed E-state index contributed by atoms with van der Waals surface area (Å²) in [5.41, 5.74) is 0.967. The zero-order chi connectivity index (χ0) is 17.3. The Kier molecular flexibility index (Phi) is 4.96. The first kappa shape index (κ1) is 17.4. The van der Waals surface area contributed by atoms with Crippen LogP contribution in [0.2, 0.25) is 0 Å². The highest BCUT2D eigenvalue weighted by atomic mass is 32.2. The number of carbonyl (C=O) groups is 1. The van der Waals surface area contributed by atoms with Crippen molar-refractivity contribution >= 4 is 15.9 Å². The molecule has 1 aromatic rings. The molecule has 0 radical (unpaired) electrons. The molecule has 0 unspecified atom stereocenters. The summed E-state index contributed by atoms with van der Waals surface area (Å²) in [5, 5.41) is 6.65. The van der Waals surface area contributed by atoms with Crippen molar-refractivity contribution in [2.45, 2.75) is 75.8 Å². The first-order valence-corrected chi connectivity index (χ1v) is 10.2. The molecule has 2 fully saturated rings. The number of amides is 1. The number of rotatable bonds is 4. The van der Waals surface area contributed by atoms with E-state index in [4.69, 9.17) is 0 Å². The number of aromatic amines is 1. The SMILES string of the molecule is Cc1n[nH]c(C)c1S(=O)(=O)N[C@@H]1CC(=O)N(C2CCCCCC2)C1. The van der Waals surface area contributed by atoms with E-state index in [-0.39, 0.29) is 29.3 Å². The van der Waals surface area contributed by atoms with Gasteiger partial charge in [0.05, 0.1) is 11.4 Å². The maximum Gasteiger partial charge on any atom is 0.244 e. The van der Waals surface area contributed by atoms with Gasteiger partial charge < -0.3 is 4.90 Å². The lowest BCUT2D eigenvalue weighted by atomic mass is 10.1. The summed E-state index contributed by atoms with van der Waals surface area (Å²) in [7, 11) is -3.67. The van der Waals surface area contributed by atoms with Gasteiger partial charge in [0.25, 0.3) is 0 Å². The van der Waals surface area contributed by atoms with E-state index in [2.05, 4.69) is 14.9 Å². The molecule has 1 amide bonds. The number of carbonyl (C=O) groups excluding carboxylic acids is 1. The van der Waals surface area contributed by atoms with Crippen molar-refractivity contribution in [3.63, 3.8) is 0 Å². The average Bonchev–Trinajstić information content (AvgIpc) is 2.91. The highest BCUT2D eigenvalue weighted by Gasteiger charge is 2.37. The van der Waals surface area contributed by atoms with E-state index in [1.54, 1.807) is 13.8 Å². The van der Waals surface area contributed by atoms with Gasteiger partial charge in [0.2, 0.25) is 15.9 Å². The fraction of sp³-hybridized carbons (Fsp3) is 0.750. The number of hydrogen-bond donors (Lipinski definition) is 2. The highest BCUT2D eigenvalue weighted by molar-refractivity contribution is 7.89. The molecular weight excluding hydrogens is 328 g/mol. The van der Waals surface area contributed by atoms with E-state index in [1.165, 1.54) is 12.8 Å². The second-order valence-electron chi connectivity index (χ2n) is 6.98. The van der Waals surface area contributed by atoms with Gasteiger partial charge in [0, 0.05) is 25.0 Å². The number of aromatic nitrogens is 2. The van der Waals surface area contributed by atoms with Gasteiger partial charge >= 0.3 is 0 Å². The Hall–Kier alpha value is -1.41. The Labute approximate surface area is 143 Å². The molecule has 1 aliphatic carbocycles. The maximum absolute atomic E-state index is 12.6. The van der Waals surface area contributed by atoms with Crippen LogP contribution >= 0.6 is 0 Å². The summed E-state index contributed by atoms with van der Waals surface area (Å²) >= 11 is 0. The summed E-state index contributed by atoms with van der Waals surface area (Å²) in [6, 6.07) is -0.0913. The van der Waals surface area contributed by atoms with Gasteiger partial charge in [-0.25, -0.2) is 13.1 Å². The lowest BCUT2D eigenvalue weighted by Gasteiger charge is -2.27. The summed E-state index contributed by atoms with van der Waals surface area (Å²) in [6.45, 7) is 3.82. The number of H-pyrrole nitrogens is 1. The molecule has 134 valence electrons. The standard InChI is InChI=1S/C16H26N4O3S/c1-11-16(12(2)18-17-11)24(22,23)19-13-9-15(21)20(10-13)14-7-5-3-4-6-8-14/h13-14,19H,3-10H2,1-2H3,(H,17,18)/t13-/m1/s1. The normalized spacial score (nSPS) is 23.7. The lowest BCUT2D eigenvalue weighted by molar-refractivity contribution is -0.129. The molecule has 0 aromatic carbocycles. The number of nitrogens with zero attached hydrogens (tertiary/aromatic N) is 2. The molecule has 1 atom stereocenters. The summed E-state index contributed by atoms with van der Waals surface area (Å²) in [6.07, 6.45) is 7.07. The Morgan fingerprint density at radius 2 is 1.83 bits per heavy atom. The van der Waals surface area contributed by atoms with Crippen molar-refractivity contribution in [2.24, 2.45) is 0 Å². The van der Waals surface area contributed by atoms with Crippen molar-refractivity contribution in [2.75, 3.05) is 6.54 Å². The van der Waals surface area contributed by atoms with E-state index in [9.17, 15) is 13.2 Å². The molecule has 2 aliphatic rings. The molecule has 1 aromatic heterocycles. The molecule has 1 aliphatic heterocycles. The minimum absolute atomic E-state index is 0.0650. The van der Waals surface area contributed by atoms with E-state index < -0.39 is 10.0 Å². The Morgan fingerprint density at radius 3 is 2.42 bits per heavy atom. The van der Waals surface area contributed by atoms with E-state index in [0.29, 0.717) is 17.9 Å². The van der Waals surface area contributed by atoms with Crippen molar-refractivity contribution < 1.29 is 13.2 Å². The lowest BCUT2D eigenvalue weighted by Crippen LogP contribution is -2.40. The van der Waals surface area contributed by atoms with Crippen LogP contribution in [0, 0.1) is 13.8 Å². The zero-order valence-corrected chi connectivity index (χ0v) is 15.2. The topological polar surface area (TPSA) is 95.2 Å². The second-order valence-corrected chi connectivity index (χ2v) is 8.63. The first-order chi connectivity index (χ1) is 11.4. The fourth-order valence-corrected chi connectivity index (χ4v) is 5.55. The molecule has 24 heavy (non-hydrogen) atoms. The van der Waals surface area contributed by atoms with Gasteiger partial charge in [0.1, 0.15) is 4.90 Å². The van der Waals surface area contributed by atoms with Crippen LogP contribution in [0.1, 0.15) is 56.3 Å². The Bertz CT molecular complexity index is 685. The second kappa shape index (κ2) is 6.84. The van der Waals surface area contributed by atoms with Crippen LogP contribution in [0.15, 0.2) is 4.90 Å². The number of nitrogens with one attached hydrogen (secondary N) is 2. The van der Waals surface area contributed by atoms with Gasteiger partial charge in [-0.1, -0.05) is 25.7 Å². The predicted octanol–water partition coefficient (Wildman–Crippen LogP) is 1.63. The monoisotopic (exact) mass is 354 g/mol. The molecule has 1 saturated heterocycles. The largest absolute Gasteiger partial charge is 0.338 e. The van der Waals surface area contributed by atoms with Crippen LogP contribution in [0.3, 0.4) is 0 Å². The molecule has 7 nitrogen and oxygen atoms in total. The van der Waals surface area contributed by atoms with E-state index in [1.807, 2.05) is 4.90 Å². The van der Waals surface area contributed by atoms with Gasteiger partial charge in [-0.2, -0.15) is 5.10 Å². The van der Waals surface area contributed by atoms with Crippen LogP contribution in [-0.2, 0) is 14.8 Å². The van der Waals surface area contributed by atoms with E-state index in [0.717, 1.165) is 25.7 Å². The van der Waals surface area contributed by atoms with Gasteiger partial charge in [0.15, 0.2) is 0 Å². The number of sulfonamides is 1. The minimum atomic E-state index is -3.67. The average molecular weight is 354 g/mol. The number of likely N-dealkylation sites (tertiary alicyclic amines) is 1.